The molecule has 0 fully saturated rings. The van der Waals surface area contributed by atoms with Gasteiger partial charge in [-0.3, -0.25) is 0 Å². The maximum absolute atomic E-state index is 2.55. The monoisotopic (exact) mass is 827 g/mol. The quantitative estimate of drug-likeness (QED) is 0.176. The summed E-state index contributed by atoms with van der Waals surface area (Å²) in [6.45, 7) is 4.77. The van der Waals surface area contributed by atoms with E-state index in [9.17, 15) is 0 Å². The van der Waals surface area contributed by atoms with Crippen LogP contribution in [0.4, 0.5) is 0 Å². The molecule has 0 saturated heterocycles. The van der Waals surface area contributed by atoms with Crippen molar-refractivity contribution in [3.05, 3.63) is 199 Å². The van der Waals surface area contributed by atoms with Crippen LogP contribution in [0.5, 0.6) is 0 Å². The summed E-state index contributed by atoms with van der Waals surface area (Å²) in [6, 6.07) is 70.3. The standard InChI is InChI=1S/C57H37N3S2/c1-57(2)45-19-9-6-16-37(45)40-30-43-44-31-55-56(62-54-23-13-12-22-53(54)61-55)33-52(44)60(51(43)32-46(40)57)36-25-27-50-42(29-36)39-18-8-11-21-48(39)59(50)35-24-26-49-41(28-35)38-17-7-10-20-47(38)58(49)34-14-4-3-5-15-34/h3-33H,1-2H3. The highest BCUT2D eigenvalue weighted by Gasteiger charge is 2.36. The maximum atomic E-state index is 2.55. The minimum atomic E-state index is -0.111. The highest BCUT2D eigenvalue weighted by atomic mass is 32.2. The average Bonchev–Trinajstić information content (AvgIpc) is 4.00. The van der Waals surface area contributed by atoms with Gasteiger partial charge in [0.25, 0.3) is 0 Å². The number of hydrogen-bond donors (Lipinski definition) is 0. The SMILES string of the molecule is CC1(C)c2ccccc2-c2cc3c4cc5c(cc4n(-c4ccc6c(c4)c4ccccc4n6-c4ccc6c(c4)c4ccccc4n6-c4ccccc4)c3cc21)Sc1ccccc1S5. The van der Waals surface area contributed by atoms with Crippen LogP contribution in [-0.2, 0) is 5.41 Å². The van der Waals surface area contributed by atoms with Crippen molar-refractivity contribution >= 4 is 88.9 Å². The van der Waals surface area contributed by atoms with E-state index < -0.39 is 0 Å². The summed E-state index contributed by atoms with van der Waals surface area (Å²) in [5.41, 5.74) is 16.2. The first-order valence-corrected chi connectivity index (χ1v) is 23.0. The topological polar surface area (TPSA) is 14.8 Å². The van der Waals surface area contributed by atoms with E-state index in [1.165, 1.54) is 119 Å². The molecule has 2 aliphatic rings. The second kappa shape index (κ2) is 12.6. The minimum absolute atomic E-state index is 0.111. The largest absolute Gasteiger partial charge is 0.309 e. The third-order valence-electron chi connectivity index (χ3n) is 13.7. The summed E-state index contributed by atoms with van der Waals surface area (Å²) in [5.74, 6) is 0. The van der Waals surface area contributed by atoms with Crippen molar-refractivity contribution in [2.75, 3.05) is 0 Å². The summed E-state index contributed by atoms with van der Waals surface area (Å²) in [4.78, 5) is 5.28. The minimum Gasteiger partial charge on any atom is -0.309 e. The van der Waals surface area contributed by atoms with Gasteiger partial charge in [0.1, 0.15) is 0 Å². The van der Waals surface area contributed by atoms with Gasteiger partial charge in [0.2, 0.25) is 0 Å². The van der Waals surface area contributed by atoms with Crippen LogP contribution in [0.25, 0.3) is 93.6 Å². The number of para-hydroxylation sites is 3. The van der Waals surface area contributed by atoms with Crippen molar-refractivity contribution in [2.24, 2.45) is 0 Å². The van der Waals surface area contributed by atoms with Crippen LogP contribution in [0.1, 0.15) is 25.0 Å². The molecule has 12 aromatic rings. The zero-order chi connectivity index (χ0) is 40.8. The molecule has 1 aliphatic carbocycles. The lowest BCUT2D eigenvalue weighted by molar-refractivity contribution is 0.661. The van der Waals surface area contributed by atoms with Crippen LogP contribution in [-0.4, -0.2) is 13.7 Å². The highest BCUT2D eigenvalue weighted by Crippen LogP contribution is 2.54. The smallest absolute Gasteiger partial charge is 0.0553 e. The summed E-state index contributed by atoms with van der Waals surface area (Å²) < 4.78 is 7.40. The first-order chi connectivity index (χ1) is 30.5. The van der Waals surface area contributed by atoms with E-state index in [-0.39, 0.29) is 5.41 Å². The molecule has 62 heavy (non-hydrogen) atoms. The maximum Gasteiger partial charge on any atom is 0.0553 e. The van der Waals surface area contributed by atoms with E-state index in [1.807, 2.05) is 23.5 Å². The van der Waals surface area contributed by atoms with Crippen LogP contribution in [0.3, 0.4) is 0 Å². The van der Waals surface area contributed by atoms with Crippen molar-refractivity contribution in [2.45, 2.75) is 38.8 Å². The van der Waals surface area contributed by atoms with E-state index in [0.29, 0.717) is 0 Å². The van der Waals surface area contributed by atoms with Gasteiger partial charge in [-0.25, -0.2) is 0 Å². The Morgan fingerprint density at radius 3 is 1.47 bits per heavy atom. The Kier molecular flexibility index (Phi) is 7.05. The number of aromatic nitrogens is 3. The zero-order valence-corrected chi connectivity index (χ0v) is 35.7. The Morgan fingerprint density at radius 1 is 0.306 bits per heavy atom. The fraction of sp³-hybridized carbons (Fsp3) is 0.0526. The van der Waals surface area contributed by atoms with Crippen LogP contribution in [0.15, 0.2) is 208 Å². The lowest BCUT2D eigenvalue weighted by Gasteiger charge is -2.21. The number of rotatable bonds is 3. The van der Waals surface area contributed by atoms with Crippen LogP contribution in [0, 0.1) is 0 Å². The molecule has 292 valence electrons. The Labute approximate surface area is 366 Å². The Morgan fingerprint density at radius 2 is 0.790 bits per heavy atom. The molecule has 0 saturated carbocycles. The number of fused-ring (bicyclic) bond motifs is 14. The van der Waals surface area contributed by atoms with E-state index >= 15 is 0 Å². The second-order valence-electron chi connectivity index (χ2n) is 17.3. The van der Waals surface area contributed by atoms with Crippen LogP contribution in [0.2, 0.25) is 0 Å². The van der Waals surface area contributed by atoms with Crippen LogP contribution >= 0.6 is 23.5 Å². The molecular weight excluding hydrogens is 791 g/mol. The number of benzene rings is 9. The Hall–Kier alpha value is -6.92. The molecule has 0 spiro atoms. The molecule has 3 nitrogen and oxygen atoms in total. The van der Waals surface area contributed by atoms with E-state index in [4.69, 9.17) is 0 Å². The number of hydrogen-bond acceptors (Lipinski definition) is 2. The normalized spacial score (nSPS) is 14.0. The molecule has 0 unspecified atom stereocenters. The van der Waals surface area contributed by atoms with Crippen molar-refractivity contribution < 1.29 is 0 Å². The molecule has 4 heterocycles. The van der Waals surface area contributed by atoms with Gasteiger partial charge in [0.15, 0.2) is 0 Å². The molecule has 0 N–H and O–H groups in total. The second-order valence-corrected chi connectivity index (χ2v) is 19.5. The van der Waals surface area contributed by atoms with Gasteiger partial charge in [0, 0.05) is 74.4 Å². The van der Waals surface area contributed by atoms with Crippen LogP contribution < -0.4 is 0 Å². The van der Waals surface area contributed by atoms with Gasteiger partial charge in [0.05, 0.1) is 33.1 Å². The third-order valence-corrected chi connectivity index (χ3v) is 16.2. The van der Waals surface area contributed by atoms with Crippen molar-refractivity contribution in [1.82, 2.24) is 13.7 Å². The van der Waals surface area contributed by atoms with Gasteiger partial charge < -0.3 is 13.7 Å². The van der Waals surface area contributed by atoms with Gasteiger partial charge in [-0.05, 0) is 119 Å². The van der Waals surface area contributed by atoms with Gasteiger partial charge in [-0.1, -0.05) is 128 Å². The molecule has 0 atom stereocenters. The fourth-order valence-electron chi connectivity index (χ4n) is 10.8. The van der Waals surface area contributed by atoms with Crippen molar-refractivity contribution in [3.8, 4) is 28.2 Å². The summed E-state index contributed by atoms with van der Waals surface area (Å²) in [5, 5.41) is 7.57. The zero-order valence-electron chi connectivity index (χ0n) is 34.1. The lowest BCUT2D eigenvalue weighted by Crippen LogP contribution is -2.14. The first-order valence-electron chi connectivity index (χ1n) is 21.3. The van der Waals surface area contributed by atoms with Crippen molar-refractivity contribution in [1.29, 1.82) is 0 Å². The summed E-state index contributed by atoms with van der Waals surface area (Å²) in [6.07, 6.45) is 0. The van der Waals surface area contributed by atoms with Gasteiger partial charge in [-0.15, -0.1) is 0 Å². The Balaban J connectivity index is 1.01. The molecule has 9 aromatic carbocycles. The summed E-state index contributed by atoms with van der Waals surface area (Å²) in [7, 11) is 0. The predicted molar refractivity (Wildman–Crippen MR) is 262 cm³/mol. The molecule has 14 rings (SSSR count). The molecule has 0 radical (unpaired) electrons. The molecule has 1 aliphatic heterocycles. The molecule has 0 amide bonds. The molecular formula is C57H37N3S2. The third kappa shape index (κ3) is 4.70. The average molecular weight is 828 g/mol. The Bertz CT molecular complexity index is 3900. The highest BCUT2D eigenvalue weighted by molar-refractivity contribution is 8.05. The number of nitrogens with zero attached hydrogens (tertiary/aromatic N) is 3. The fourth-order valence-corrected chi connectivity index (χ4v) is 13.1. The molecule has 3 aromatic heterocycles. The van der Waals surface area contributed by atoms with E-state index in [1.54, 1.807) is 0 Å². The lowest BCUT2D eigenvalue weighted by atomic mass is 9.82. The van der Waals surface area contributed by atoms with Gasteiger partial charge in [-0.2, -0.15) is 0 Å². The van der Waals surface area contributed by atoms with E-state index in [0.717, 1.165) is 5.69 Å². The first kappa shape index (κ1) is 34.8. The summed E-state index contributed by atoms with van der Waals surface area (Å²) >= 11 is 3.79. The molecule has 5 heteroatoms. The predicted octanol–water partition coefficient (Wildman–Crippen LogP) is 15.9. The van der Waals surface area contributed by atoms with Crippen molar-refractivity contribution in [3.63, 3.8) is 0 Å². The van der Waals surface area contributed by atoms with E-state index in [2.05, 4.69) is 216 Å². The van der Waals surface area contributed by atoms with Gasteiger partial charge >= 0.3 is 0 Å². The molecule has 0 bridgehead atoms.